The average molecular weight is 396 g/mol. The van der Waals surface area contributed by atoms with Crippen LogP contribution in [0.15, 0.2) is 30.3 Å². The van der Waals surface area contributed by atoms with Crippen molar-refractivity contribution in [3.05, 3.63) is 58.4 Å². The fraction of sp³-hybridized carbons (Fsp3) is 0.435. The summed E-state index contributed by atoms with van der Waals surface area (Å²) >= 11 is 0. The third kappa shape index (κ3) is 4.42. The summed E-state index contributed by atoms with van der Waals surface area (Å²) in [6, 6.07) is 8.41. The molecule has 1 aliphatic carbocycles. The highest BCUT2D eigenvalue weighted by Gasteiger charge is 2.35. The van der Waals surface area contributed by atoms with Gasteiger partial charge in [-0.2, -0.15) is 0 Å². The van der Waals surface area contributed by atoms with Crippen LogP contribution in [0.25, 0.3) is 0 Å². The summed E-state index contributed by atoms with van der Waals surface area (Å²) in [5.41, 5.74) is 2.50. The van der Waals surface area contributed by atoms with E-state index in [0.29, 0.717) is 40.5 Å². The molecule has 154 valence electrons. The maximum Gasteiger partial charge on any atom is 0.355 e. The Labute approximate surface area is 171 Å². The van der Waals surface area contributed by atoms with Crippen LogP contribution in [0.3, 0.4) is 0 Å². The monoisotopic (exact) mass is 396 g/mol. The molecule has 0 unspecified atom stereocenters. The number of nitrogens with one attached hydrogen (secondary N) is 1. The number of ether oxygens (including phenoxy) is 1. The molecule has 0 saturated heterocycles. The number of carbonyl (C=O) groups excluding carboxylic acids is 3. The number of amides is 1. The summed E-state index contributed by atoms with van der Waals surface area (Å²) in [7, 11) is 0. The van der Waals surface area contributed by atoms with E-state index in [1.54, 1.807) is 44.7 Å². The Bertz CT molecular complexity index is 912. The molecule has 1 saturated carbocycles. The highest BCUT2D eigenvalue weighted by atomic mass is 16.5. The second kappa shape index (κ2) is 8.64. The number of aryl methyl sites for hydroxylation is 1. The van der Waals surface area contributed by atoms with Crippen molar-refractivity contribution in [1.82, 2.24) is 9.88 Å². The van der Waals surface area contributed by atoms with Gasteiger partial charge in [0.1, 0.15) is 5.69 Å². The number of ketones is 1. The summed E-state index contributed by atoms with van der Waals surface area (Å²) in [6.07, 6.45) is 2.16. The molecule has 29 heavy (non-hydrogen) atoms. The van der Waals surface area contributed by atoms with Gasteiger partial charge in [-0.05, 0) is 64.2 Å². The van der Waals surface area contributed by atoms with Gasteiger partial charge in [0, 0.05) is 23.4 Å². The fourth-order valence-electron chi connectivity index (χ4n) is 3.62. The summed E-state index contributed by atoms with van der Waals surface area (Å²) in [4.78, 5) is 43.4. The molecule has 1 aromatic heterocycles. The summed E-state index contributed by atoms with van der Waals surface area (Å²) < 4.78 is 5.08. The molecule has 1 aliphatic rings. The Hall–Kier alpha value is -2.89. The maximum atomic E-state index is 13.4. The lowest BCUT2D eigenvalue weighted by molar-refractivity contribution is 0.0518. The molecule has 0 spiro atoms. The average Bonchev–Trinajstić information content (AvgIpc) is 3.49. The molecule has 6 nitrogen and oxygen atoms in total. The van der Waals surface area contributed by atoms with Gasteiger partial charge in [0.2, 0.25) is 0 Å². The maximum absolute atomic E-state index is 13.4. The van der Waals surface area contributed by atoms with Crippen molar-refractivity contribution in [2.45, 2.75) is 46.6 Å². The van der Waals surface area contributed by atoms with Crippen molar-refractivity contribution in [2.24, 2.45) is 5.92 Å². The molecule has 1 amide bonds. The topological polar surface area (TPSA) is 79.5 Å². The van der Waals surface area contributed by atoms with E-state index in [0.717, 1.165) is 12.8 Å². The molecule has 6 heteroatoms. The first-order valence-electron chi connectivity index (χ1n) is 10.1. The number of aromatic nitrogens is 1. The Kier molecular flexibility index (Phi) is 6.20. The lowest BCUT2D eigenvalue weighted by atomic mass is 9.99. The van der Waals surface area contributed by atoms with E-state index in [9.17, 15) is 14.4 Å². The van der Waals surface area contributed by atoms with E-state index in [2.05, 4.69) is 4.98 Å². The zero-order chi connectivity index (χ0) is 21.1. The van der Waals surface area contributed by atoms with Crippen molar-refractivity contribution in [1.29, 1.82) is 0 Å². The van der Waals surface area contributed by atoms with Crippen molar-refractivity contribution in [3.63, 3.8) is 0 Å². The molecule has 1 heterocycles. The van der Waals surface area contributed by atoms with E-state index in [1.807, 2.05) is 18.2 Å². The molecule has 0 bridgehead atoms. The number of esters is 1. The molecule has 2 aromatic rings. The van der Waals surface area contributed by atoms with Gasteiger partial charge in [0.25, 0.3) is 5.91 Å². The Morgan fingerprint density at radius 1 is 1.17 bits per heavy atom. The van der Waals surface area contributed by atoms with Crippen LogP contribution in [-0.2, 0) is 4.74 Å². The van der Waals surface area contributed by atoms with E-state index < -0.39 is 12.0 Å². The number of H-pyrrole nitrogens is 1. The fourth-order valence-corrected chi connectivity index (χ4v) is 3.62. The quantitative estimate of drug-likeness (QED) is 0.542. The van der Waals surface area contributed by atoms with Gasteiger partial charge in [0.05, 0.1) is 12.6 Å². The zero-order valence-electron chi connectivity index (χ0n) is 17.5. The number of aromatic amines is 1. The Morgan fingerprint density at radius 2 is 1.83 bits per heavy atom. The Morgan fingerprint density at radius 3 is 2.41 bits per heavy atom. The van der Waals surface area contributed by atoms with Crippen molar-refractivity contribution in [3.8, 4) is 0 Å². The van der Waals surface area contributed by atoms with E-state index >= 15 is 0 Å². The molecule has 3 rings (SSSR count). The SMILES string of the molecule is CCOC(=O)c1[nH]c(C)c(C(=O)[C@@H](C)N(CC2CC2)C(=O)c2ccccc2)c1C. The molecule has 0 aliphatic heterocycles. The predicted octanol–water partition coefficient (Wildman–Crippen LogP) is 3.93. The highest BCUT2D eigenvalue weighted by Crippen LogP contribution is 2.32. The van der Waals surface area contributed by atoms with E-state index in [-0.39, 0.29) is 18.3 Å². The minimum atomic E-state index is -0.633. The largest absolute Gasteiger partial charge is 0.461 e. The normalized spacial score (nSPS) is 14.3. The van der Waals surface area contributed by atoms with Crippen LogP contribution >= 0.6 is 0 Å². The molecule has 1 fully saturated rings. The van der Waals surface area contributed by atoms with E-state index in [4.69, 9.17) is 4.74 Å². The molecule has 1 N–H and O–H groups in total. The second-order valence-corrected chi connectivity index (χ2v) is 7.65. The van der Waals surface area contributed by atoms with Crippen LogP contribution in [0.4, 0.5) is 0 Å². The van der Waals surface area contributed by atoms with Crippen molar-refractivity contribution >= 4 is 17.7 Å². The van der Waals surface area contributed by atoms with Crippen LogP contribution in [0.1, 0.15) is 69.2 Å². The molecule has 1 atom stereocenters. The van der Waals surface area contributed by atoms with Crippen molar-refractivity contribution < 1.29 is 19.1 Å². The van der Waals surface area contributed by atoms with Crippen LogP contribution in [0.2, 0.25) is 0 Å². The lowest BCUT2D eigenvalue weighted by Crippen LogP contribution is -2.44. The van der Waals surface area contributed by atoms with Crippen LogP contribution < -0.4 is 0 Å². The standard InChI is InChI=1S/C23H28N2O4/c1-5-29-23(28)20-14(2)19(15(3)24-20)21(26)16(4)25(13-17-11-12-17)22(27)18-9-7-6-8-10-18/h6-10,16-17,24H,5,11-13H2,1-4H3/t16-/m1/s1. The van der Waals surface area contributed by atoms with Gasteiger partial charge in [-0.15, -0.1) is 0 Å². The van der Waals surface area contributed by atoms with E-state index in [1.165, 1.54) is 0 Å². The number of carbonyl (C=O) groups is 3. The predicted molar refractivity (Wildman–Crippen MR) is 110 cm³/mol. The number of benzene rings is 1. The summed E-state index contributed by atoms with van der Waals surface area (Å²) in [5, 5.41) is 0. The van der Waals surface area contributed by atoms with Gasteiger partial charge >= 0.3 is 5.97 Å². The summed E-state index contributed by atoms with van der Waals surface area (Å²) in [6.45, 7) is 7.83. The molecular formula is C23H28N2O4. The zero-order valence-corrected chi connectivity index (χ0v) is 17.5. The van der Waals surface area contributed by atoms with Crippen LogP contribution in [0.5, 0.6) is 0 Å². The first kappa shape index (κ1) is 20.8. The molecule has 0 radical (unpaired) electrons. The second-order valence-electron chi connectivity index (χ2n) is 7.65. The number of nitrogens with zero attached hydrogens (tertiary/aromatic N) is 1. The van der Waals surface area contributed by atoms with Gasteiger partial charge in [-0.1, -0.05) is 18.2 Å². The third-order valence-corrected chi connectivity index (χ3v) is 5.44. The van der Waals surface area contributed by atoms with Gasteiger partial charge in [-0.25, -0.2) is 4.79 Å². The van der Waals surface area contributed by atoms with Gasteiger partial charge in [-0.3, -0.25) is 9.59 Å². The molecule has 1 aromatic carbocycles. The van der Waals surface area contributed by atoms with Crippen LogP contribution in [0, 0.1) is 19.8 Å². The number of rotatable bonds is 8. The minimum Gasteiger partial charge on any atom is -0.461 e. The summed E-state index contributed by atoms with van der Waals surface area (Å²) in [5.74, 6) is -0.344. The number of hydrogen-bond donors (Lipinski definition) is 1. The number of Topliss-reactive ketones (excluding diaryl/α,β-unsaturated/α-hetero) is 1. The first-order chi connectivity index (χ1) is 13.8. The number of hydrogen-bond acceptors (Lipinski definition) is 4. The Balaban J connectivity index is 1.90. The smallest absolute Gasteiger partial charge is 0.355 e. The minimum absolute atomic E-state index is 0.144. The first-order valence-corrected chi connectivity index (χ1v) is 10.1. The van der Waals surface area contributed by atoms with Crippen LogP contribution in [-0.4, -0.2) is 46.7 Å². The van der Waals surface area contributed by atoms with Crippen molar-refractivity contribution in [2.75, 3.05) is 13.2 Å². The van der Waals surface area contributed by atoms with Gasteiger partial charge in [0.15, 0.2) is 5.78 Å². The highest BCUT2D eigenvalue weighted by molar-refractivity contribution is 6.07. The lowest BCUT2D eigenvalue weighted by Gasteiger charge is -2.29. The third-order valence-electron chi connectivity index (χ3n) is 5.44. The molecular weight excluding hydrogens is 368 g/mol. The van der Waals surface area contributed by atoms with Gasteiger partial charge < -0.3 is 14.6 Å².